The number of rotatable bonds is 2. The average molecular weight is 286 g/mol. The smallest absolute Gasteiger partial charge is 0.397 e. The molecule has 5 N–H and O–H groups in total. The Balaban J connectivity index is 3.44. The number of benzene rings is 1. The van der Waals surface area contributed by atoms with Crippen LogP contribution in [0, 0.1) is 0 Å². The molecule has 0 amide bonds. The van der Waals surface area contributed by atoms with Gasteiger partial charge in [-0.1, -0.05) is 23.2 Å². The lowest BCUT2D eigenvalue weighted by Crippen LogP contribution is -2.16. The summed E-state index contributed by atoms with van der Waals surface area (Å²) in [7, 11) is 0. The molecule has 0 bridgehead atoms. The normalized spacial score (nSPS) is 12.7. The Morgan fingerprint density at radius 1 is 1.29 bits per heavy atom. The topological polar surface area (TPSA) is 64.1 Å². The average Bonchev–Trinajstić information content (AvgIpc) is 2.15. The predicted octanol–water partition coefficient (Wildman–Crippen LogP) is 2.73. The van der Waals surface area contributed by atoms with Crippen molar-refractivity contribution < 1.29 is 13.2 Å². The van der Waals surface area contributed by atoms with Gasteiger partial charge in [-0.3, -0.25) is 5.84 Å². The molecule has 0 heterocycles. The van der Waals surface area contributed by atoms with Crippen LogP contribution in [0.5, 0.6) is 0 Å². The van der Waals surface area contributed by atoms with Gasteiger partial charge in [0.15, 0.2) is 0 Å². The highest BCUT2D eigenvalue weighted by Crippen LogP contribution is 2.41. The summed E-state index contributed by atoms with van der Waals surface area (Å²) in [5.74, 6) is 4.97. The zero-order valence-electron chi connectivity index (χ0n) is 8.28. The number of hydrazine groups is 1. The molecule has 0 fully saturated rings. The summed E-state index contributed by atoms with van der Waals surface area (Å²) in [6.45, 7) is 0. The molecule has 0 saturated heterocycles. The number of alkyl halides is 3. The van der Waals surface area contributed by atoms with E-state index in [4.69, 9.17) is 34.8 Å². The maximum Gasteiger partial charge on any atom is 0.419 e. The zero-order valence-corrected chi connectivity index (χ0v) is 9.79. The van der Waals surface area contributed by atoms with E-state index in [1.54, 1.807) is 0 Å². The van der Waals surface area contributed by atoms with E-state index < -0.39 is 21.8 Å². The van der Waals surface area contributed by atoms with E-state index >= 15 is 0 Å². The molecule has 0 unspecified atom stereocenters. The number of hydrogen-bond donors (Lipinski definition) is 3. The molecule has 0 aliphatic carbocycles. The van der Waals surface area contributed by atoms with Crippen molar-refractivity contribution in [1.29, 1.82) is 0 Å². The lowest BCUT2D eigenvalue weighted by atomic mass is 10.1. The zero-order chi connectivity index (χ0) is 13.2. The molecular weight excluding hydrogens is 278 g/mol. The van der Waals surface area contributed by atoms with Crippen LogP contribution in [0.4, 0.5) is 13.2 Å². The van der Waals surface area contributed by atoms with Crippen LogP contribution in [-0.2, 0) is 6.18 Å². The second-order valence-electron chi connectivity index (χ2n) is 3.05. The summed E-state index contributed by atoms with van der Waals surface area (Å²) in [6, 6.07) is 2.35. The quantitative estimate of drug-likeness (QED) is 0.578. The van der Waals surface area contributed by atoms with Gasteiger partial charge >= 0.3 is 6.18 Å². The second kappa shape index (κ2) is 5.03. The maximum atomic E-state index is 12.7. The highest BCUT2D eigenvalue weighted by atomic mass is 35.5. The summed E-state index contributed by atoms with van der Waals surface area (Å²) < 4.78 is 38.0. The fraction of sp³-hybridized carbons (Fsp3) is 0.111. The molecule has 0 radical (unpaired) electrons. The van der Waals surface area contributed by atoms with E-state index in [9.17, 15) is 13.2 Å². The Morgan fingerprint density at radius 2 is 1.88 bits per heavy atom. The Morgan fingerprint density at radius 3 is 2.35 bits per heavy atom. The van der Waals surface area contributed by atoms with Crippen molar-refractivity contribution in [2.75, 3.05) is 0 Å². The molecular formula is C9H8Cl2F3N3. The van der Waals surface area contributed by atoms with Crippen molar-refractivity contribution in [3.8, 4) is 0 Å². The third-order valence-corrected chi connectivity index (χ3v) is 2.63. The van der Waals surface area contributed by atoms with Crippen molar-refractivity contribution in [3.63, 3.8) is 0 Å². The summed E-state index contributed by atoms with van der Waals surface area (Å²) in [5, 5.41) is -1.05. The van der Waals surface area contributed by atoms with Crippen molar-refractivity contribution in [2.24, 2.45) is 11.6 Å². The molecule has 94 valence electrons. The molecule has 8 heteroatoms. The molecule has 0 saturated carbocycles. The van der Waals surface area contributed by atoms with E-state index in [2.05, 4.69) is 5.43 Å². The summed E-state index contributed by atoms with van der Waals surface area (Å²) in [4.78, 5) is 0. The molecule has 0 aliphatic rings. The SMILES string of the molecule is NN/C=C(\N)c1ccc(Cl)c(C(F)(F)F)c1Cl. The van der Waals surface area contributed by atoms with Gasteiger partial charge in [-0.25, -0.2) is 0 Å². The van der Waals surface area contributed by atoms with E-state index in [1.165, 1.54) is 6.07 Å². The molecule has 1 rings (SSSR count). The first-order valence-corrected chi connectivity index (χ1v) is 5.02. The molecule has 0 atom stereocenters. The first-order chi connectivity index (χ1) is 7.79. The van der Waals surface area contributed by atoms with Gasteiger partial charge in [0.05, 0.1) is 21.3 Å². The fourth-order valence-electron chi connectivity index (χ4n) is 1.20. The third kappa shape index (κ3) is 2.96. The van der Waals surface area contributed by atoms with E-state index in [0.29, 0.717) is 0 Å². The van der Waals surface area contributed by atoms with Crippen LogP contribution >= 0.6 is 23.2 Å². The van der Waals surface area contributed by atoms with Crippen LogP contribution in [0.1, 0.15) is 11.1 Å². The van der Waals surface area contributed by atoms with Crippen LogP contribution in [-0.4, -0.2) is 0 Å². The third-order valence-electron chi connectivity index (χ3n) is 1.92. The lowest BCUT2D eigenvalue weighted by molar-refractivity contribution is -0.137. The first-order valence-electron chi connectivity index (χ1n) is 4.26. The highest BCUT2D eigenvalue weighted by Gasteiger charge is 2.36. The second-order valence-corrected chi connectivity index (χ2v) is 3.83. The molecule has 0 aliphatic heterocycles. The van der Waals surface area contributed by atoms with Crippen molar-refractivity contribution in [1.82, 2.24) is 5.43 Å². The van der Waals surface area contributed by atoms with Crippen molar-refractivity contribution in [3.05, 3.63) is 39.5 Å². The number of halogens is 5. The Hall–Kier alpha value is -1.11. The maximum absolute atomic E-state index is 12.7. The molecule has 17 heavy (non-hydrogen) atoms. The number of nitrogens with two attached hydrogens (primary N) is 2. The van der Waals surface area contributed by atoms with Crippen LogP contribution in [0.2, 0.25) is 10.0 Å². The standard InChI is InChI=1S/C9H8Cl2F3N3/c10-5-2-1-4(6(15)3-17-16)8(11)7(5)9(12,13)14/h1-3,17H,15-16H2/b6-3-. The van der Waals surface area contributed by atoms with E-state index in [0.717, 1.165) is 12.3 Å². The van der Waals surface area contributed by atoms with Crippen LogP contribution in [0.3, 0.4) is 0 Å². The highest BCUT2D eigenvalue weighted by molar-refractivity contribution is 6.37. The van der Waals surface area contributed by atoms with E-state index in [1.807, 2.05) is 0 Å². The summed E-state index contributed by atoms with van der Waals surface area (Å²) in [6.07, 6.45) is -3.53. The summed E-state index contributed by atoms with van der Waals surface area (Å²) in [5.41, 5.74) is 6.45. The Labute approximate surface area is 105 Å². The van der Waals surface area contributed by atoms with Gasteiger partial charge in [-0.15, -0.1) is 0 Å². The minimum Gasteiger partial charge on any atom is -0.397 e. The van der Waals surface area contributed by atoms with Crippen molar-refractivity contribution in [2.45, 2.75) is 6.18 Å². The Bertz CT molecular complexity index is 458. The van der Waals surface area contributed by atoms with Gasteiger partial charge in [-0.2, -0.15) is 13.2 Å². The monoisotopic (exact) mass is 285 g/mol. The molecule has 0 aromatic heterocycles. The molecule has 3 nitrogen and oxygen atoms in total. The fourth-order valence-corrected chi connectivity index (χ4v) is 1.90. The van der Waals surface area contributed by atoms with Crippen LogP contribution < -0.4 is 17.0 Å². The molecule has 1 aromatic rings. The predicted molar refractivity (Wildman–Crippen MR) is 61.0 cm³/mol. The minimum atomic E-state index is -4.65. The summed E-state index contributed by atoms with van der Waals surface area (Å²) >= 11 is 11.1. The Kier molecular flexibility index (Phi) is 4.13. The van der Waals surface area contributed by atoms with Gasteiger partial charge in [0, 0.05) is 11.8 Å². The largest absolute Gasteiger partial charge is 0.419 e. The van der Waals surface area contributed by atoms with Crippen LogP contribution in [0.15, 0.2) is 18.3 Å². The van der Waals surface area contributed by atoms with Gasteiger partial charge in [0.25, 0.3) is 0 Å². The van der Waals surface area contributed by atoms with Gasteiger partial charge in [0.1, 0.15) is 0 Å². The number of hydrogen-bond acceptors (Lipinski definition) is 3. The van der Waals surface area contributed by atoms with Gasteiger partial charge in [0.2, 0.25) is 0 Å². The first kappa shape index (κ1) is 14.0. The van der Waals surface area contributed by atoms with Crippen LogP contribution in [0.25, 0.3) is 5.70 Å². The van der Waals surface area contributed by atoms with Gasteiger partial charge < -0.3 is 11.2 Å². The van der Waals surface area contributed by atoms with Gasteiger partial charge in [-0.05, 0) is 12.1 Å². The van der Waals surface area contributed by atoms with E-state index in [-0.39, 0.29) is 11.3 Å². The van der Waals surface area contributed by atoms with Crippen molar-refractivity contribution >= 4 is 28.9 Å². The molecule has 0 spiro atoms. The minimum absolute atomic E-state index is 0.00124. The lowest BCUT2D eigenvalue weighted by Gasteiger charge is -2.14. The molecule has 1 aromatic carbocycles. The number of nitrogens with one attached hydrogen (secondary N) is 1.